The molecule has 1 aliphatic heterocycles. The van der Waals surface area contributed by atoms with Crippen molar-refractivity contribution in [2.24, 2.45) is 11.8 Å². The van der Waals surface area contributed by atoms with Gasteiger partial charge in [0, 0.05) is 19.4 Å². The Morgan fingerprint density at radius 1 is 1.33 bits per heavy atom. The molecule has 0 unspecified atom stereocenters. The van der Waals surface area contributed by atoms with Crippen LogP contribution in [0.15, 0.2) is 0 Å². The second-order valence-electron chi connectivity index (χ2n) is 5.10. The van der Waals surface area contributed by atoms with Gasteiger partial charge in [-0.05, 0) is 12.3 Å². The minimum Gasteiger partial charge on any atom is -0.377 e. The van der Waals surface area contributed by atoms with Gasteiger partial charge in [0.05, 0.1) is 12.0 Å². The minimum absolute atomic E-state index is 0.115. The van der Waals surface area contributed by atoms with Crippen LogP contribution < -0.4 is 0 Å². The summed E-state index contributed by atoms with van der Waals surface area (Å²) in [6, 6.07) is 0. The summed E-state index contributed by atoms with van der Waals surface area (Å²) in [7, 11) is 0. The quantitative estimate of drug-likeness (QED) is 0.674. The van der Waals surface area contributed by atoms with E-state index in [0.717, 1.165) is 0 Å². The van der Waals surface area contributed by atoms with Gasteiger partial charge in [0.25, 0.3) is 11.8 Å². The first kappa shape index (κ1) is 13.0. The predicted octanol–water partition coefficient (Wildman–Crippen LogP) is 0.655. The van der Waals surface area contributed by atoms with Crippen molar-refractivity contribution >= 4 is 17.8 Å². The minimum atomic E-state index is -0.549. The van der Waals surface area contributed by atoms with E-state index in [1.54, 1.807) is 0 Å². The summed E-state index contributed by atoms with van der Waals surface area (Å²) in [6.45, 7) is 4.64. The van der Waals surface area contributed by atoms with Crippen molar-refractivity contribution in [3.05, 3.63) is 0 Å². The van der Waals surface area contributed by atoms with Crippen molar-refractivity contribution in [2.75, 3.05) is 6.61 Å². The van der Waals surface area contributed by atoms with Gasteiger partial charge in [0.15, 0.2) is 0 Å². The molecule has 18 heavy (non-hydrogen) atoms. The second kappa shape index (κ2) is 5.06. The molecule has 2 rings (SSSR count). The Labute approximate surface area is 105 Å². The van der Waals surface area contributed by atoms with Crippen LogP contribution in [0.1, 0.15) is 33.1 Å². The molecule has 0 N–H and O–H groups in total. The van der Waals surface area contributed by atoms with Gasteiger partial charge in [0.2, 0.25) is 0 Å². The molecule has 2 aliphatic rings. The van der Waals surface area contributed by atoms with Crippen LogP contribution in [0.2, 0.25) is 0 Å². The number of carbonyl (C=O) groups excluding carboxylic acids is 3. The number of nitrogens with zero attached hydrogens (tertiary/aromatic N) is 1. The van der Waals surface area contributed by atoms with E-state index in [-0.39, 0.29) is 24.9 Å². The van der Waals surface area contributed by atoms with Crippen LogP contribution in [0.4, 0.5) is 0 Å². The lowest BCUT2D eigenvalue weighted by Gasteiger charge is -2.12. The number of amides is 2. The van der Waals surface area contributed by atoms with Crippen LogP contribution in [0.3, 0.4) is 0 Å². The van der Waals surface area contributed by atoms with Crippen molar-refractivity contribution in [3.63, 3.8) is 0 Å². The van der Waals surface area contributed by atoms with E-state index in [4.69, 9.17) is 9.57 Å². The standard InChI is InChI=1S/C12H17NO5/c1-7(2)6-17-9-5-8(9)12(16)18-13-10(14)3-4-11(13)15/h7-9H,3-6H2,1-2H3/t8-,9-/m0/s1. The third-order valence-corrected chi connectivity index (χ3v) is 2.87. The maximum Gasteiger partial charge on any atom is 0.338 e. The van der Waals surface area contributed by atoms with E-state index in [1.165, 1.54) is 0 Å². The van der Waals surface area contributed by atoms with Crippen LogP contribution in [0.5, 0.6) is 0 Å². The molecule has 0 bridgehead atoms. The lowest BCUT2D eigenvalue weighted by atomic mass is 10.2. The number of hydroxylamine groups is 2. The molecule has 1 heterocycles. The van der Waals surface area contributed by atoms with Gasteiger partial charge in [-0.3, -0.25) is 9.59 Å². The number of rotatable bonds is 5. The Balaban J connectivity index is 1.77. The van der Waals surface area contributed by atoms with Gasteiger partial charge in [-0.25, -0.2) is 4.79 Å². The highest BCUT2D eigenvalue weighted by Gasteiger charge is 2.48. The average Bonchev–Trinajstić information content (AvgIpc) is 3.03. The van der Waals surface area contributed by atoms with Crippen molar-refractivity contribution in [3.8, 4) is 0 Å². The number of carbonyl (C=O) groups is 3. The Bertz CT molecular complexity index is 363. The third kappa shape index (κ3) is 2.87. The first-order valence-corrected chi connectivity index (χ1v) is 6.18. The number of imide groups is 1. The largest absolute Gasteiger partial charge is 0.377 e. The maximum absolute atomic E-state index is 11.7. The summed E-state index contributed by atoms with van der Waals surface area (Å²) in [5.41, 5.74) is 0. The highest BCUT2D eigenvalue weighted by Crippen LogP contribution is 2.35. The second-order valence-corrected chi connectivity index (χ2v) is 5.10. The molecule has 6 nitrogen and oxygen atoms in total. The molecule has 0 radical (unpaired) electrons. The molecular weight excluding hydrogens is 238 g/mol. The molecular formula is C12H17NO5. The SMILES string of the molecule is CC(C)CO[C@H]1C[C@@H]1C(=O)ON1C(=O)CCC1=O. The van der Waals surface area contributed by atoms with Gasteiger partial charge in [-0.15, -0.1) is 5.06 Å². The number of ether oxygens (including phenoxy) is 1. The van der Waals surface area contributed by atoms with Crippen molar-refractivity contribution in [1.29, 1.82) is 0 Å². The molecule has 2 atom stereocenters. The maximum atomic E-state index is 11.7. The van der Waals surface area contributed by atoms with Crippen molar-refractivity contribution in [1.82, 2.24) is 5.06 Å². The van der Waals surface area contributed by atoms with E-state index in [0.29, 0.717) is 24.0 Å². The Morgan fingerprint density at radius 3 is 2.50 bits per heavy atom. The topological polar surface area (TPSA) is 72.9 Å². The lowest BCUT2D eigenvalue weighted by molar-refractivity contribution is -0.199. The summed E-state index contributed by atoms with van der Waals surface area (Å²) in [4.78, 5) is 39.0. The molecule has 0 aromatic carbocycles. The lowest BCUT2D eigenvalue weighted by Crippen LogP contribution is -2.33. The molecule has 100 valence electrons. The fourth-order valence-corrected chi connectivity index (χ4v) is 1.74. The summed E-state index contributed by atoms with van der Waals surface area (Å²) in [5.74, 6) is -1.39. The van der Waals surface area contributed by atoms with E-state index in [9.17, 15) is 14.4 Å². The molecule has 2 fully saturated rings. The monoisotopic (exact) mass is 255 g/mol. The first-order valence-electron chi connectivity index (χ1n) is 6.18. The smallest absolute Gasteiger partial charge is 0.338 e. The molecule has 6 heteroatoms. The molecule has 0 aromatic heterocycles. The summed E-state index contributed by atoms with van der Waals surface area (Å²) < 4.78 is 5.48. The zero-order valence-corrected chi connectivity index (χ0v) is 10.5. The third-order valence-electron chi connectivity index (χ3n) is 2.87. The first-order chi connectivity index (χ1) is 8.49. The highest BCUT2D eigenvalue weighted by atomic mass is 16.7. The van der Waals surface area contributed by atoms with Crippen LogP contribution in [-0.2, 0) is 24.0 Å². The Morgan fingerprint density at radius 2 is 1.94 bits per heavy atom. The van der Waals surface area contributed by atoms with Gasteiger partial charge >= 0.3 is 5.97 Å². The molecule has 2 amide bonds. The van der Waals surface area contributed by atoms with Gasteiger partial charge in [-0.2, -0.15) is 0 Å². The molecule has 1 saturated heterocycles. The predicted molar refractivity (Wildman–Crippen MR) is 59.9 cm³/mol. The van der Waals surface area contributed by atoms with E-state index >= 15 is 0 Å². The molecule has 0 spiro atoms. The molecule has 1 saturated carbocycles. The molecule has 1 aliphatic carbocycles. The van der Waals surface area contributed by atoms with Crippen LogP contribution >= 0.6 is 0 Å². The number of hydrogen-bond donors (Lipinski definition) is 0. The summed E-state index contributed by atoms with van der Waals surface area (Å²) in [5, 5.41) is 0.583. The normalized spacial score (nSPS) is 26.9. The van der Waals surface area contributed by atoms with Crippen LogP contribution in [-0.4, -0.2) is 35.6 Å². The van der Waals surface area contributed by atoms with E-state index < -0.39 is 17.8 Å². The molecule has 0 aromatic rings. The van der Waals surface area contributed by atoms with Crippen LogP contribution in [0.25, 0.3) is 0 Å². The zero-order chi connectivity index (χ0) is 13.3. The summed E-state index contributed by atoms with van der Waals surface area (Å²) in [6.07, 6.45) is 0.698. The highest BCUT2D eigenvalue weighted by molar-refractivity contribution is 6.01. The van der Waals surface area contributed by atoms with E-state index in [1.807, 2.05) is 13.8 Å². The van der Waals surface area contributed by atoms with Gasteiger partial charge < -0.3 is 9.57 Å². The Hall–Kier alpha value is -1.43. The van der Waals surface area contributed by atoms with Crippen molar-refractivity contribution in [2.45, 2.75) is 39.2 Å². The van der Waals surface area contributed by atoms with Gasteiger partial charge in [0.1, 0.15) is 0 Å². The fraction of sp³-hybridized carbons (Fsp3) is 0.750. The zero-order valence-electron chi connectivity index (χ0n) is 10.5. The Kier molecular flexibility index (Phi) is 3.65. The average molecular weight is 255 g/mol. The fourth-order valence-electron chi connectivity index (χ4n) is 1.74. The van der Waals surface area contributed by atoms with Gasteiger partial charge in [-0.1, -0.05) is 13.8 Å². The van der Waals surface area contributed by atoms with E-state index in [2.05, 4.69) is 0 Å². The van der Waals surface area contributed by atoms with Crippen molar-refractivity contribution < 1.29 is 24.0 Å². The summed E-state index contributed by atoms with van der Waals surface area (Å²) >= 11 is 0. The van der Waals surface area contributed by atoms with Crippen LogP contribution in [0, 0.1) is 11.8 Å². The number of hydrogen-bond acceptors (Lipinski definition) is 5.